The number of rotatable bonds is 5. The van der Waals surface area contributed by atoms with Gasteiger partial charge in [0.15, 0.2) is 16.6 Å². The number of ketones is 1. The molecular weight excluding hydrogens is 286 g/mol. The maximum Gasteiger partial charge on any atom is 0.196 e. The molecule has 21 heavy (non-hydrogen) atoms. The second kappa shape index (κ2) is 5.97. The zero-order chi connectivity index (χ0) is 14.7. The zero-order valence-electron chi connectivity index (χ0n) is 11.4. The maximum absolute atomic E-state index is 12.3. The van der Waals surface area contributed by atoms with Gasteiger partial charge in [0.25, 0.3) is 0 Å². The van der Waals surface area contributed by atoms with E-state index in [-0.39, 0.29) is 11.5 Å². The van der Waals surface area contributed by atoms with E-state index in [9.17, 15) is 4.79 Å². The molecule has 0 atom stereocenters. The van der Waals surface area contributed by atoms with Gasteiger partial charge in [-0.15, -0.1) is 10.2 Å². The van der Waals surface area contributed by atoms with Crippen molar-refractivity contribution in [2.45, 2.75) is 5.16 Å². The summed E-state index contributed by atoms with van der Waals surface area (Å²) < 4.78 is 7.07. The lowest BCUT2D eigenvalue weighted by Gasteiger charge is -2.06. The molecule has 1 aromatic carbocycles. The number of carbonyl (C=O) groups excluding carboxylic acids is 1. The van der Waals surface area contributed by atoms with Crippen LogP contribution in [0.3, 0.4) is 0 Å². The van der Waals surface area contributed by atoms with Crippen LogP contribution in [-0.4, -0.2) is 33.2 Å². The molecule has 0 unspecified atom stereocenters. The van der Waals surface area contributed by atoms with Crippen LogP contribution in [-0.2, 0) is 0 Å². The van der Waals surface area contributed by atoms with Crippen LogP contribution in [0.25, 0.3) is 5.65 Å². The number of hydrogen-bond donors (Lipinski definition) is 0. The van der Waals surface area contributed by atoms with Gasteiger partial charge in [0.2, 0.25) is 0 Å². The van der Waals surface area contributed by atoms with Crippen molar-refractivity contribution in [2.75, 3.05) is 12.9 Å². The van der Waals surface area contributed by atoms with E-state index in [0.29, 0.717) is 16.5 Å². The molecule has 0 spiro atoms. The summed E-state index contributed by atoms with van der Waals surface area (Å²) in [6.45, 7) is 0. The Labute approximate surface area is 126 Å². The van der Waals surface area contributed by atoms with E-state index in [2.05, 4.69) is 10.2 Å². The SMILES string of the molecule is COc1ccccc1C(=O)CSc1nnc2ccccn12. The fourth-order valence-electron chi connectivity index (χ4n) is 2.00. The summed E-state index contributed by atoms with van der Waals surface area (Å²) in [6.07, 6.45) is 1.88. The molecule has 0 saturated carbocycles. The molecular formula is C15H13N3O2S. The van der Waals surface area contributed by atoms with Crippen molar-refractivity contribution in [1.29, 1.82) is 0 Å². The summed E-state index contributed by atoms with van der Waals surface area (Å²) in [5.74, 6) is 0.884. The third-order valence-electron chi connectivity index (χ3n) is 3.02. The minimum atomic E-state index is 0.00475. The highest BCUT2D eigenvalue weighted by Gasteiger charge is 2.14. The third kappa shape index (κ3) is 2.75. The average molecular weight is 299 g/mol. The Morgan fingerprint density at radius 2 is 2.00 bits per heavy atom. The molecule has 0 saturated heterocycles. The Morgan fingerprint density at radius 1 is 1.19 bits per heavy atom. The molecule has 2 heterocycles. The molecule has 0 aliphatic carbocycles. The molecule has 0 N–H and O–H groups in total. The summed E-state index contributed by atoms with van der Waals surface area (Å²) in [7, 11) is 1.56. The number of nitrogens with zero attached hydrogens (tertiary/aromatic N) is 3. The van der Waals surface area contributed by atoms with E-state index in [0.717, 1.165) is 5.65 Å². The van der Waals surface area contributed by atoms with Gasteiger partial charge in [0.1, 0.15) is 5.75 Å². The quantitative estimate of drug-likeness (QED) is 0.535. The van der Waals surface area contributed by atoms with Gasteiger partial charge < -0.3 is 4.74 Å². The average Bonchev–Trinajstić information content (AvgIpc) is 2.96. The first-order chi connectivity index (χ1) is 10.3. The van der Waals surface area contributed by atoms with E-state index in [1.165, 1.54) is 11.8 Å². The Kier molecular flexibility index (Phi) is 3.87. The first-order valence-corrected chi connectivity index (χ1v) is 7.37. The van der Waals surface area contributed by atoms with Gasteiger partial charge in [0, 0.05) is 6.20 Å². The first-order valence-electron chi connectivity index (χ1n) is 6.38. The number of hydrogen-bond acceptors (Lipinski definition) is 5. The Hall–Kier alpha value is -2.34. The summed E-state index contributed by atoms with van der Waals surface area (Å²) in [6, 6.07) is 12.9. The number of carbonyl (C=O) groups is 1. The Morgan fingerprint density at radius 3 is 2.86 bits per heavy atom. The van der Waals surface area contributed by atoms with E-state index in [1.807, 2.05) is 40.9 Å². The molecule has 2 aromatic heterocycles. The number of fused-ring (bicyclic) bond motifs is 1. The second-order valence-corrected chi connectivity index (χ2v) is 5.27. The number of benzene rings is 1. The number of ether oxygens (including phenoxy) is 1. The number of aromatic nitrogens is 3. The standard InChI is InChI=1S/C15H13N3O2S/c1-20-13-7-3-2-6-11(13)12(19)10-21-15-17-16-14-8-4-5-9-18(14)15/h2-9H,10H2,1H3. The minimum Gasteiger partial charge on any atom is -0.496 e. The van der Waals surface area contributed by atoms with Gasteiger partial charge in [-0.25, -0.2) is 0 Å². The van der Waals surface area contributed by atoms with E-state index < -0.39 is 0 Å². The van der Waals surface area contributed by atoms with Crippen LogP contribution in [0.15, 0.2) is 53.8 Å². The lowest BCUT2D eigenvalue weighted by Crippen LogP contribution is -2.05. The molecule has 0 fully saturated rings. The van der Waals surface area contributed by atoms with Crippen molar-refractivity contribution >= 4 is 23.2 Å². The van der Waals surface area contributed by atoms with Gasteiger partial charge in [-0.05, 0) is 24.3 Å². The normalized spacial score (nSPS) is 10.7. The van der Waals surface area contributed by atoms with Crippen LogP contribution in [0.5, 0.6) is 5.75 Å². The highest BCUT2D eigenvalue weighted by molar-refractivity contribution is 7.99. The molecule has 6 heteroatoms. The number of methoxy groups -OCH3 is 1. The smallest absolute Gasteiger partial charge is 0.196 e. The Balaban J connectivity index is 1.77. The topological polar surface area (TPSA) is 56.5 Å². The number of para-hydroxylation sites is 1. The van der Waals surface area contributed by atoms with Crippen molar-refractivity contribution < 1.29 is 9.53 Å². The number of Topliss-reactive ketones (excluding diaryl/α,β-unsaturated/α-hetero) is 1. The van der Waals surface area contributed by atoms with E-state index >= 15 is 0 Å². The van der Waals surface area contributed by atoms with Crippen molar-refractivity contribution in [2.24, 2.45) is 0 Å². The maximum atomic E-state index is 12.3. The second-order valence-electron chi connectivity index (χ2n) is 4.32. The van der Waals surface area contributed by atoms with Gasteiger partial charge in [-0.2, -0.15) is 0 Å². The predicted octanol–water partition coefficient (Wildman–Crippen LogP) is 2.71. The van der Waals surface area contributed by atoms with Crippen molar-refractivity contribution in [1.82, 2.24) is 14.6 Å². The van der Waals surface area contributed by atoms with Gasteiger partial charge in [0.05, 0.1) is 18.4 Å². The summed E-state index contributed by atoms with van der Waals surface area (Å²) in [4.78, 5) is 12.3. The molecule has 3 rings (SSSR count). The first kappa shape index (κ1) is 13.6. The zero-order valence-corrected chi connectivity index (χ0v) is 12.2. The predicted molar refractivity (Wildman–Crippen MR) is 81.0 cm³/mol. The van der Waals surface area contributed by atoms with E-state index in [4.69, 9.17) is 4.74 Å². The fourth-order valence-corrected chi connectivity index (χ4v) is 2.81. The molecule has 0 aliphatic rings. The van der Waals surface area contributed by atoms with Crippen molar-refractivity contribution in [3.63, 3.8) is 0 Å². The summed E-state index contributed by atoms with van der Waals surface area (Å²) >= 11 is 1.36. The third-order valence-corrected chi connectivity index (χ3v) is 3.97. The fraction of sp³-hybridized carbons (Fsp3) is 0.133. The number of pyridine rings is 1. The van der Waals surface area contributed by atoms with Crippen LogP contribution < -0.4 is 4.74 Å². The monoisotopic (exact) mass is 299 g/mol. The lowest BCUT2D eigenvalue weighted by molar-refractivity contribution is 0.101. The van der Waals surface area contributed by atoms with Gasteiger partial charge in [-0.3, -0.25) is 9.20 Å². The largest absolute Gasteiger partial charge is 0.496 e. The highest BCUT2D eigenvalue weighted by atomic mass is 32.2. The summed E-state index contributed by atoms with van der Waals surface area (Å²) in [5, 5.41) is 8.86. The lowest BCUT2D eigenvalue weighted by atomic mass is 10.1. The van der Waals surface area contributed by atoms with Crippen molar-refractivity contribution in [3.05, 3.63) is 54.2 Å². The minimum absolute atomic E-state index is 0.00475. The molecule has 0 aliphatic heterocycles. The van der Waals surface area contributed by atoms with Crippen LogP contribution >= 0.6 is 11.8 Å². The summed E-state index contributed by atoms with van der Waals surface area (Å²) in [5.41, 5.74) is 1.35. The van der Waals surface area contributed by atoms with Crippen LogP contribution in [0.2, 0.25) is 0 Å². The Bertz CT molecular complexity index is 785. The molecule has 106 valence electrons. The highest BCUT2D eigenvalue weighted by Crippen LogP contribution is 2.22. The van der Waals surface area contributed by atoms with E-state index in [1.54, 1.807) is 19.2 Å². The molecule has 0 amide bonds. The van der Waals surface area contributed by atoms with Crippen LogP contribution in [0, 0.1) is 0 Å². The molecule has 3 aromatic rings. The van der Waals surface area contributed by atoms with Gasteiger partial charge >= 0.3 is 0 Å². The molecule has 5 nitrogen and oxygen atoms in total. The van der Waals surface area contributed by atoms with Crippen LogP contribution in [0.1, 0.15) is 10.4 Å². The van der Waals surface area contributed by atoms with Gasteiger partial charge in [-0.1, -0.05) is 30.0 Å². The van der Waals surface area contributed by atoms with Crippen LogP contribution in [0.4, 0.5) is 0 Å². The molecule has 0 radical (unpaired) electrons. The molecule has 0 bridgehead atoms. The van der Waals surface area contributed by atoms with Crippen molar-refractivity contribution in [3.8, 4) is 5.75 Å². The number of thioether (sulfide) groups is 1.